The number of carboxylic acids is 1. The van der Waals surface area contributed by atoms with Crippen LogP contribution in [0.2, 0.25) is 0 Å². The lowest BCUT2D eigenvalue weighted by Crippen LogP contribution is -2.09. The van der Waals surface area contributed by atoms with Crippen molar-refractivity contribution in [3.05, 3.63) is 40.8 Å². The third-order valence-corrected chi connectivity index (χ3v) is 1.75. The lowest BCUT2D eigenvalue weighted by Gasteiger charge is -1.99. The Morgan fingerprint density at radius 2 is 2.21 bits per heavy atom. The molecule has 3 N–H and O–H groups in total. The van der Waals surface area contributed by atoms with E-state index in [0.717, 1.165) is 0 Å². The predicted molar refractivity (Wildman–Crippen MR) is 50.9 cm³/mol. The molecule has 0 aliphatic rings. The molecule has 4 heteroatoms. The van der Waals surface area contributed by atoms with Crippen molar-refractivity contribution >= 4 is 12.0 Å². The van der Waals surface area contributed by atoms with Crippen LogP contribution in [0.3, 0.4) is 0 Å². The number of carboxylic acid groups (broad SMARTS) is 1. The predicted octanol–water partition coefficient (Wildman–Crippen LogP) is 1.52. The van der Waals surface area contributed by atoms with Gasteiger partial charge in [0.2, 0.25) is 0 Å². The summed E-state index contributed by atoms with van der Waals surface area (Å²) < 4.78 is 12.8. The molecule has 14 heavy (non-hydrogen) atoms. The smallest absolute Gasteiger partial charge is 0.351 e. The average Bonchev–Trinajstić information content (AvgIpc) is 2.11. The number of halogens is 1. The molecule has 0 heterocycles. The Bertz CT molecular complexity index is 399. The van der Waals surface area contributed by atoms with Gasteiger partial charge < -0.3 is 10.8 Å². The van der Waals surface area contributed by atoms with Gasteiger partial charge in [-0.3, -0.25) is 0 Å². The molecule has 1 aromatic carbocycles. The van der Waals surface area contributed by atoms with Crippen molar-refractivity contribution in [2.24, 2.45) is 5.73 Å². The molecule has 3 nitrogen and oxygen atoms in total. The van der Waals surface area contributed by atoms with Gasteiger partial charge in [0, 0.05) is 0 Å². The largest absolute Gasteiger partial charge is 0.477 e. The second-order valence-corrected chi connectivity index (χ2v) is 2.91. The minimum Gasteiger partial charge on any atom is -0.477 e. The fourth-order valence-corrected chi connectivity index (χ4v) is 0.999. The van der Waals surface area contributed by atoms with Gasteiger partial charge in [-0.15, -0.1) is 0 Å². The lowest BCUT2D eigenvalue weighted by molar-refractivity contribution is -0.132. The summed E-state index contributed by atoms with van der Waals surface area (Å²) in [5.41, 5.74) is 5.97. The van der Waals surface area contributed by atoms with E-state index in [1.807, 2.05) is 0 Å². The summed E-state index contributed by atoms with van der Waals surface area (Å²) in [6.07, 6.45) is 1.29. The summed E-state index contributed by atoms with van der Waals surface area (Å²) in [5.74, 6) is -1.51. The number of hydrogen-bond acceptors (Lipinski definition) is 2. The quantitative estimate of drug-likeness (QED) is 0.703. The number of rotatable bonds is 2. The summed E-state index contributed by atoms with van der Waals surface area (Å²) in [6.45, 7) is 1.60. The Morgan fingerprint density at radius 3 is 2.71 bits per heavy atom. The number of hydrogen-bond donors (Lipinski definition) is 2. The van der Waals surface area contributed by atoms with Crippen LogP contribution in [-0.4, -0.2) is 11.1 Å². The van der Waals surface area contributed by atoms with E-state index in [1.54, 1.807) is 6.92 Å². The molecule has 0 saturated carbocycles. The van der Waals surface area contributed by atoms with Crippen LogP contribution in [0.15, 0.2) is 23.9 Å². The van der Waals surface area contributed by atoms with Gasteiger partial charge in [0.1, 0.15) is 11.5 Å². The molecule has 0 atom stereocenters. The number of aliphatic carboxylic acids is 1. The highest BCUT2D eigenvalue weighted by molar-refractivity contribution is 5.90. The Labute approximate surface area is 80.7 Å². The molecule has 0 aliphatic heterocycles. The topological polar surface area (TPSA) is 63.3 Å². The van der Waals surface area contributed by atoms with Gasteiger partial charge in [-0.25, -0.2) is 9.18 Å². The first-order chi connectivity index (χ1) is 6.50. The van der Waals surface area contributed by atoms with Crippen LogP contribution >= 0.6 is 0 Å². The zero-order chi connectivity index (χ0) is 10.7. The van der Waals surface area contributed by atoms with Gasteiger partial charge in [-0.2, -0.15) is 0 Å². The van der Waals surface area contributed by atoms with E-state index < -0.39 is 5.97 Å². The van der Waals surface area contributed by atoms with Crippen molar-refractivity contribution in [2.45, 2.75) is 6.92 Å². The fraction of sp³-hybridized carbons (Fsp3) is 0.100. The molecular formula is C10H10FNO2. The zero-order valence-corrected chi connectivity index (χ0v) is 7.62. The van der Waals surface area contributed by atoms with Gasteiger partial charge in [0.25, 0.3) is 0 Å². The van der Waals surface area contributed by atoms with Crippen LogP contribution in [0.5, 0.6) is 0 Å². The Morgan fingerprint density at radius 1 is 1.57 bits per heavy atom. The molecular weight excluding hydrogens is 185 g/mol. The highest BCUT2D eigenvalue weighted by atomic mass is 19.1. The van der Waals surface area contributed by atoms with Crippen molar-refractivity contribution in [3.8, 4) is 0 Å². The number of carbonyl (C=O) groups is 1. The number of benzene rings is 1. The summed E-state index contributed by atoms with van der Waals surface area (Å²) in [6, 6.07) is 4.28. The van der Waals surface area contributed by atoms with E-state index in [1.165, 1.54) is 24.3 Å². The van der Waals surface area contributed by atoms with Gasteiger partial charge in [-0.1, -0.05) is 6.07 Å². The van der Waals surface area contributed by atoms with Crippen molar-refractivity contribution < 1.29 is 14.3 Å². The summed E-state index contributed by atoms with van der Waals surface area (Å²) in [5, 5.41) is 8.50. The SMILES string of the molecule is Cc1cc(/C=C(/N)C(=O)O)ccc1F. The maximum atomic E-state index is 12.8. The van der Waals surface area contributed by atoms with Crippen LogP contribution in [0.4, 0.5) is 4.39 Å². The van der Waals surface area contributed by atoms with Gasteiger partial charge >= 0.3 is 5.97 Å². The maximum Gasteiger partial charge on any atom is 0.351 e. The highest BCUT2D eigenvalue weighted by Crippen LogP contribution is 2.11. The molecule has 0 unspecified atom stereocenters. The Balaban J connectivity index is 3.04. The first kappa shape index (κ1) is 10.2. The van der Waals surface area contributed by atoms with Crippen LogP contribution in [-0.2, 0) is 4.79 Å². The van der Waals surface area contributed by atoms with E-state index in [4.69, 9.17) is 10.8 Å². The van der Waals surface area contributed by atoms with Crippen molar-refractivity contribution in [3.63, 3.8) is 0 Å². The minimum atomic E-state index is -1.19. The van der Waals surface area contributed by atoms with Crippen LogP contribution in [0.1, 0.15) is 11.1 Å². The maximum absolute atomic E-state index is 12.8. The molecule has 0 amide bonds. The second kappa shape index (κ2) is 3.91. The van der Waals surface area contributed by atoms with E-state index in [0.29, 0.717) is 11.1 Å². The Hall–Kier alpha value is -1.84. The molecule has 0 bridgehead atoms. The van der Waals surface area contributed by atoms with Crippen molar-refractivity contribution in [1.29, 1.82) is 0 Å². The van der Waals surface area contributed by atoms with Crippen LogP contribution in [0, 0.1) is 12.7 Å². The van der Waals surface area contributed by atoms with Crippen LogP contribution < -0.4 is 5.73 Å². The fourth-order valence-electron chi connectivity index (χ4n) is 0.999. The standard InChI is InChI=1S/C10H10FNO2/c1-6-4-7(2-3-8(6)11)5-9(12)10(13)14/h2-5H,12H2,1H3,(H,13,14)/b9-5+. The van der Waals surface area contributed by atoms with E-state index >= 15 is 0 Å². The zero-order valence-electron chi connectivity index (χ0n) is 7.62. The number of nitrogens with two attached hydrogens (primary N) is 1. The molecule has 0 radical (unpaired) electrons. The molecule has 0 aliphatic carbocycles. The lowest BCUT2D eigenvalue weighted by atomic mass is 10.1. The first-order valence-electron chi connectivity index (χ1n) is 3.97. The molecule has 0 fully saturated rings. The molecule has 1 rings (SSSR count). The summed E-state index contributed by atoms with van der Waals surface area (Å²) in [7, 11) is 0. The van der Waals surface area contributed by atoms with Crippen molar-refractivity contribution in [1.82, 2.24) is 0 Å². The second-order valence-electron chi connectivity index (χ2n) is 2.91. The van der Waals surface area contributed by atoms with E-state index in [2.05, 4.69) is 0 Å². The average molecular weight is 195 g/mol. The number of aryl methyl sites for hydroxylation is 1. The van der Waals surface area contributed by atoms with Gasteiger partial charge in [0.05, 0.1) is 0 Å². The highest BCUT2D eigenvalue weighted by Gasteiger charge is 2.02. The minimum absolute atomic E-state index is 0.268. The summed E-state index contributed by atoms with van der Waals surface area (Å²) in [4.78, 5) is 10.4. The third kappa shape index (κ3) is 2.32. The monoisotopic (exact) mass is 195 g/mol. The van der Waals surface area contributed by atoms with E-state index in [9.17, 15) is 9.18 Å². The molecule has 0 aromatic heterocycles. The first-order valence-corrected chi connectivity index (χ1v) is 3.97. The molecule has 0 spiro atoms. The molecule has 74 valence electrons. The van der Waals surface area contributed by atoms with E-state index in [-0.39, 0.29) is 11.5 Å². The third-order valence-electron chi connectivity index (χ3n) is 1.75. The molecule has 1 aromatic rings. The van der Waals surface area contributed by atoms with Gasteiger partial charge in [-0.05, 0) is 36.3 Å². The normalized spacial score (nSPS) is 11.4. The Kier molecular flexibility index (Phi) is 2.86. The summed E-state index contributed by atoms with van der Waals surface area (Å²) >= 11 is 0. The molecule has 0 saturated heterocycles. The van der Waals surface area contributed by atoms with Crippen molar-refractivity contribution in [2.75, 3.05) is 0 Å². The van der Waals surface area contributed by atoms with Gasteiger partial charge in [0.15, 0.2) is 0 Å². The van der Waals surface area contributed by atoms with Crippen LogP contribution in [0.25, 0.3) is 6.08 Å².